The first-order valence-electron chi connectivity index (χ1n) is 6.53. The number of rotatable bonds is 5. The van der Waals surface area contributed by atoms with Gasteiger partial charge in [-0.05, 0) is 40.5 Å². The van der Waals surface area contributed by atoms with E-state index in [2.05, 4.69) is 6.58 Å². The average Bonchev–Trinajstić information content (AvgIpc) is 2.22. The molecule has 0 bridgehead atoms. The maximum Gasteiger partial charge on any atom is 0.162 e. The Morgan fingerprint density at radius 1 is 1.39 bits per heavy atom. The van der Waals surface area contributed by atoms with E-state index in [1.165, 1.54) is 5.57 Å². The van der Waals surface area contributed by atoms with Gasteiger partial charge in [-0.2, -0.15) is 0 Å². The minimum Gasteiger partial charge on any atom is -0.389 e. The van der Waals surface area contributed by atoms with Gasteiger partial charge in [-0.1, -0.05) is 17.7 Å². The van der Waals surface area contributed by atoms with E-state index >= 15 is 0 Å². The summed E-state index contributed by atoms with van der Waals surface area (Å²) in [7, 11) is 0. The molecule has 0 aromatic carbocycles. The molecule has 0 radical (unpaired) electrons. The monoisotopic (exact) mass is 254 g/mol. The Morgan fingerprint density at radius 2 is 1.94 bits per heavy atom. The third-order valence-electron chi connectivity index (χ3n) is 3.21. The van der Waals surface area contributed by atoms with E-state index in [4.69, 9.17) is 9.47 Å². The molecule has 1 fully saturated rings. The molecule has 1 heterocycles. The summed E-state index contributed by atoms with van der Waals surface area (Å²) >= 11 is 0. The highest BCUT2D eigenvalue weighted by atomic mass is 16.7. The Morgan fingerprint density at radius 3 is 2.39 bits per heavy atom. The summed E-state index contributed by atoms with van der Waals surface area (Å²) in [4.78, 5) is 0. The zero-order valence-corrected chi connectivity index (χ0v) is 12.0. The summed E-state index contributed by atoms with van der Waals surface area (Å²) in [6, 6.07) is 0. The average molecular weight is 254 g/mol. The second kappa shape index (κ2) is 6.00. The molecule has 1 aliphatic rings. The van der Waals surface area contributed by atoms with Gasteiger partial charge < -0.3 is 14.6 Å². The molecule has 0 spiro atoms. The molecule has 1 unspecified atom stereocenters. The van der Waals surface area contributed by atoms with Crippen LogP contribution < -0.4 is 0 Å². The van der Waals surface area contributed by atoms with Gasteiger partial charge in [-0.15, -0.1) is 6.58 Å². The molecule has 1 saturated heterocycles. The minimum absolute atomic E-state index is 0.0489. The molecule has 0 amide bonds. The number of aliphatic hydroxyl groups excluding tert-OH is 1. The fraction of sp³-hybridized carbons (Fsp3) is 0.733. The minimum atomic E-state index is -0.493. The van der Waals surface area contributed by atoms with Crippen LogP contribution in [0.3, 0.4) is 0 Å². The molecule has 0 aromatic heterocycles. The lowest BCUT2D eigenvalue weighted by Crippen LogP contribution is -2.46. The van der Waals surface area contributed by atoms with Crippen LogP contribution in [0.5, 0.6) is 0 Å². The molecular weight excluding hydrogens is 228 g/mol. The number of hydrogen-bond donors (Lipinski definition) is 1. The normalized spacial score (nSPS) is 24.6. The van der Waals surface area contributed by atoms with E-state index in [0.29, 0.717) is 13.2 Å². The van der Waals surface area contributed by atoms with Crippen LogP contribution in [0, 0.1) is 5.41 Å². The Kier molecular flexibility index (Phi) is 5.14. The molecule has 0 aromatic rings. The van der Waals surface area contributed by atoms with Crippen LogP contribution in [0.2, 0.25) is 0 Å². The standard InChI is InChI=1S/C15H26O3/c1-6-7-15(9-12(2)8-13(3)16)10-17-14(4,5)18-11-15/h6,8,13,16H,1,7,9-11H2,2-5H3/b12-8+. The molecule has 18 heavy (non-hydrogen) atoms. The zero-order valence-electron chi connectivity index (χ0n) is 12.0. The highest BCUT2D eigenvalue weighted by Crippen LogP contribution is 2.38. The lowest BCUT2D eigenvalue weighted by Gasteiger charge is -2.43. The summed E-state index contributed by atoms with van der Waals surface area (Å²) in [6.07, 6.45) is 5.10. The van der Waals surface area contributed by atoms with Crippen LogP contribution >= 0.6 is 0 Å². The van der Waals surface area contributed by atoms with Crippen molar-refractivity contribution >= 4 is 0 Å². The largest absolute Gasteiger partial charge is 0.389 e. The van der Waals surface area contributed by atoms with Crippen molar-refractivity contribution in [2.45, 2.75) is 52.4 Å². The second-order valence-corrected chi connectivity index (χ2v) is 5.90. The lowest BCUT2D eigenvalue weighted by atomic mass is 9.79. The predicted octanol–water partition coefficient (Wildman–Crippen LogP) is 3.05. The lowest BCUT2D eigenvalue weighted by molar-refractivity contribution is -0.284. The summed E-state index contributed by atoms with van der Waals surface area (Å²) in [5.74, 6) is -0.493. The zero-order chi connectivity index (χ0) is 13.8. The number of allylic oxidation sites excluding steroid dienone is 2. The van der Waals surface area contributed by atoms with Crippen molar-refractivity contribution in [2.75, 3.05) is 13.2 Å². The van der Waals surface area contributed by atoms with Gasteiger partial charge >= 0.3 is 0 Å². The molecule has 3 heteroatoms. The van der Waals surface area contributed by atoms with Crippen LogP contribution in [-0.4, -0.2) is 30.2 Å². The molecule has 1 rings (SSSR count). The number of aliphatic hydroxyl groups is 1. The summed E-state index contributed by atoms with van der Waals surface area (Å²) in [6.45, 7) is 12.8. The summed E-state index contributed by atoms with van der Waals surface area (Å²) < 4.78 is 11.6. The first-order valence-corrected chi connectivity index (χ1v) is 6.53. The molecule has 3 nitrogen and oxygen atoms in total. The SMILES string of the molecule is C=CCC1(C/C(C)=C/C(C)O)COC(C)(C)OC1. The quantitative estimate of drug-likeness (QED) is 0.766. The first kappa shape index (κ1) is 15.4. The van der Waals surface area contributed by atoms with Crippen LogP contribution in [0.15, 0.2) is 24.3 Å². The third kappa shape index (κ3) is 4.56. The number of hydrogen-bond acceptors (Lipinski definition) is 3. The van der Waals surface area contributed by atoms with Crippen molar-refractivity contribution < 1.29 is 14.6 Å². The summed E-state index contributed by atoms with van der Waals surface area (Å²) in [5.41, 5.74) is 1.12. The van der Waals surface area contributed by atoms with Crippen LogP contribution in [-0.2, 0) is 9.47 Å². The second-order valence-electron chi connectivity index (χ2n) is 5.90. The van der Waals surface area contributed by atoms with E-state index in [1.807, 2.05) is 32.9 Å². The maximum atomic E-state index is 9.39. The molecule has 1 N–H and O–H groups in total. The van der Waals surface area contributed by atoms with Crippen molar-refractivity contribution in [1.82, 2.24) is 0 Å². The Bertz CT molecular complexity index is 306. The fourth-order valence-corrected chi connectivity index (χ4v) is 2.40. The van der Waals surface area contributed by atoms with Crippen molar-refractivity contribution in [3.63, 3.8) is 0 Å². The molecule has 1 atom stereocenters. The van der Waals surface area contributed by atoms with Crippen LogP contribution in [0.1, 0.15) is 40.5 Å². The molecule has 0 saturated carbocycles. The first-order chi connectivity index (χ1) is 8.29. The Balaban J connectivity index is 2.74. The maximum absolute atomic E-state index is 9.39. The van der Waals surface area contributed by atoms with E-state index in [9.17, 15) is 5.11 Å². The van der Waals surface area contributed by atoms with Gasteiger partial charge in [-0.25, -0.2) is 0 Å². The Hall–Kier alpha value is -0.640. The van der Waals surface area contributed by atoms with E-state index in [-0.39, 0.29) is 5.41 Å². The van der Waals surface area contributed by atoms with E-state index in [0.717, 1.165) is 12.8 Å². The highest BCUT2D eigenvalue weighted by molar-refractivity contribution is 5.07. The molecule has 0 aliphatic carbocycles. The predicted molar refractivity (Wildman–Crippen MR) is 73.3 cm³/mol. The van der Waals surface area contributed by atoms with Gasteiger partial charge in [0.1, 0.15) is 0 Å². The van der Waals surface area contributed by atoms with Crippen molar-refractivity contribution in [3.8, 4) is 0 Å². The van der Waals surface area contributed by atoms with Crippen molar-refractivity contribution in [1.29, 1.82) is 0 Å². The van der Waals surface area contributed by atoms with Gasteiger partial charge in [0, 0.05) is 5.41 Å². The molecular formula is C15H26O3. The highest BCUT2D eigenvalue weighted by Gasteiger charge is 2.39. The Labute approximate surface area is 110 Å². The van der Waals surface area contributed by atoms with Gasteiger partial charge in [-0.3, -0.25) is 0 Å². The van der Waals surface area contributed by atoms with Crippen molar-refractivity contribution in [3.05, 3.63) is 24.3 Å². The van der Waals surface area contributed by atoms with Crippen LogP contribution in [0.4, 0.5) is 0 Å². The smallest absolute Gasteiger partial charge is 0.162 e. The topological polar surface area (TPSA) is 38.7 Å². The van der Waals surface area contributed by atoms with Crippen LogP contribution in [0.25, 0.3) is 0 Å². The van der Waals surface area contributed by atoms with Gasteiger partial charge in [0.15, 0.2) is 5.79 Å². The fourth-order valence-electron chi connectivity index (χ4n) is 2.40. The van der Waals surface area contributed by atoms with Crippen molar-refractivity contribution in [2.24, 2.45) is 5.41 Å². The molecule has 104 valence electrons. The summed E-state index contributed by atoms with van der Waals surface area (Å²) in [5, 5.41) is 9.39. The van der Waals surface area contributed by atoms with Gasteiger partial charge in [0.05, 0.1) is 19.3 Å². The van der Waals surface area contributed by atoms with Gasteiger partial charge in [0.25, 0.3) is 0 Å². The van der Waals surface area contributed by atoms with E-state index in [1.54, 1.807) is 6.92 Å². The van der Waals surface area contributed by atoms with Gasteiger partial charge in [0.2, 0.25) is 0 Å². The third-order valence-corrected chi connectivity index (χ3v) is 3.21. The van der Waals surface area contributed by atoms with E-state index < -0.39 is 11.9 Å². The molecule has 1 aliphatic heterocycles. The number of ether oxygens (including phenoxy) is 2.